The Hall–Kier alpha value is -1.47. The van der Waals surface area contributed by atoms with Crippen LogP contribution in [0.2, 0.25) is 0 Å². The van der Waals surface area contributed by atoms with Crippen molar-refractivity contribution in [1.29, 1.82) is 0 Å². The third-order valence-corrected chi connectivity index (χ3v) is 3.57. The predicted octanol–water partition coefficient (Wildman–Crippen LogP) is 2.49. The molecule has 0 spiro atoms. The summed E-state index contributed by atoms with van der Waals surface area (Å²) in [6, 6.07) is 4.37. The van der Waals surface area contributed by atoms with Gasteiger partial charge in [0, 0.05) is 23.1 Å². The molecular formula is C12H10BrFN2O2S. The second-order valence-corrected chi connectivity index (χ2v) is 5.45. The zero-order valence-electron chi connectivity index (χ0n) is 9.97. The lowest BCUT2D eigenvalue weighted by atomic mass is 10.3. The first-order chi connectivity index (χ1) is 9.06. The number of hydrogen-bond donors (Lipinski definition) is 0. The molecule has 2 rings (SSSR count). The summed E-state index contributed by atoms with van der Waals surface area (Å²) in [5.74, 6) is -0.952. The zero-order valence-corrected chi connectivity index (χ0v) is 12.4. The molecule has 0 saturated carbocycles. The minimum absolute atomic E-state index is 0.0299. The van der Waals surface area contributed by atoms with E-state index in [2.05, 4.69) is 20.9 Å². The normalized spacial score (nSPS) is 11.6. The standard InChI is InChI=1S/C12H10BrFN2O2S/c1-16-4-5-19-12(16)15-11(17)7-18-10-3-2-8(13)6-9(10)14/h2-6H,7H2,1H3. The summed E-state index contributed by atoms with van der Waals surface area (Å²) in [6.45, 7) is -0.295. The molecule has 1 heterocycles. The Kier molecular flexibility index (Phi) is 4.49. The monoisotopic (exact) mass is 344 g/mol. The summed E-state index contributed by atoms with van der Waals surface area (Å²) >= 11 is 4.49. The van der Waals surface area contributed by atoms with Crippen LogP contribution in [0.15, 0.2) is 39.2 Å². The number of benzene rings is 1. The highest BCUT2D eigenvalue weighted by atomic mass is 79.9. The number of carbonyl (C=O) groups is 1. The second kappa shape index (κ2) is 6.12. The fraction of sp³-hybridized carbons (Fsp3) is 0.167. The highest BCUT2D eigenvalue weighted by Crippen LogP contribution is 2.21. The molecule has 19 heavy (non-hydrogen) atoms. The molecular weight excluding hydrogens is 335 g/mol. The van der Waals surface area contributed by atoms with Crippen molar-refractivity contribution in [3.63, 3.8) is 0 Å². The fourth-order valence-electron chi connectivity index (χ4n) is 1.31. The minimum Gasteiger partial charge on any atom is -0.481 e. The van der Waals surface area contributed by atoms with Gasteiger partial charge in [-0.15, -0.1) is 11.3 Å². The molecule has 0 radical (unpaired) electrons. The molecule has 0 aliphatic carbocycles. The number of ether oxygens (including phenoxy) is 1. The van der Waals surface area contributed by atoms with E-state index in [0.717, 1.165) is 0 Å². The van der Waals surface area contributed by atoms with Crippen LogP contribution in [0.5, 0.6) is 5.75 Å². The van der Waals surface area contributed by atoms with Gasteiger partial charge in [0.25, 0.3) is 5.91 Å². The molecule has 0 unspecified atom stereocenters. The van der Waals surface area contributed by atoms with Crippen LogP contribution in [-0.2, 0) is 11.8 Å². The van der Waals surface area contributed by atoms with E-state index in [1.165, 1.54) is 23.5 Å². The maximum atomic E-state index is 13.4. The van der Waals surface area contributed by atoms with Gasteiger partial charge in [0.1, 0.15) is 0 Å². The summed E-state index contributed by atoms with van der Waals surface area (Å²) in [6.07, 6.45) is 1.80. The van der Waals surface area contributed by atoms with Gasteiger partial charge in [-0.3, -0.25) is 4.79 Å². The number of carbonyl (C=O) groups excluding carboxylic acids is 1. The third kappa shape index (κ3) is 3.74. The Morgan fingerprint density at radius 3 is 3.00 bits per heavy atom. The smallest absolute Gasteiger partial charge is 0.286 e. The summed E-state index contributed by atoms with van der Waals surface area (Å²) < 4.78 is 20.9. The van der Waals surface area contributed by atoms with Crippen molar-refractivity contribution in [2.75, 3.05) is 6.61 Å². The summed E-state index contributed by atoms with van der Waals surface area (Å²) in [7, 11) is 1.79. The van der Waals surface area contributed by atoms with E-state index in [1.54, 1.807) is 23.9 Å². The van der Waals surface area contributed by atoms with Crippen molar-refractivity contribution >= 4 is 33.2 Å². The number of hydrogen-bond acceptors (Lipinski definition) is 3. The predicted molar refractivity (Wildman–Crippen MR) is 73.5 cm³/mol. The molecule has 1 aromatic carbocycles. The number of nitrogens with zero attached hydrogens (tertiary/aromatic N) is 2. The molecule has 0 aliphatic rings. The van der Waals surface area contributed by atoms with Crippen LogP contribution in [0.4, 0.5) is 4.39 Å². The maximum absolute atomic E-state index is 13.4. The van der Waals surface area contributed by atoms with E-state index in [-0.39, 0.29) is 12.4 Å². The molecule has 0 aliphatic heterocycles. The Balaban J connectivity index is 2.03. The molecule has 4 nitrogen and oxygen atoms in total. The molecule has 2 aromatic rings. The number of halogens is 2. The van der Waals surface area contributed by atoms with E-state index in [4.69, 9.17) is 4.74 Å². The molecule has 0 saturated heterocycles. The van der Waals surface area contributed by atoms with Crippen LogP contribution in [0.1, 0.15) is 0 Å². The van der Waals surface area contributed by atoms with Crippen LogP contribution in [0.3, 0.4) is 0 Å². The van der Waals surface area contributed by atoms with Crippen LogP contribution in [0.25, 0.3) is 0 Å². The minimum atomic E-state index is -0.524. The number of thiazole rings is 1. The first kappa shape index (κ1) is 14.0. The van der Waals surface area contributed by atoms with Gasteiger partial charge >= 0.3 is 0 Å². The average molecular weight is 345 g/mol. The number of aryl methyl sites for hydroxylation is 1. The molecule has 0 fully saturated rings. The van der Waals surface area contributed by atoms with Gasteiger partial charge in [-0.2, -0.15) is 4.99 Å². The van der Waals surface area contributed by atoms with E-state index >= 15 is 0 Å². The van der Waals surface area contributed by atoms with Gasteiger partial charge in [-0.25, -0.2) is 4.39 Å². The van der Waals surface area contributed by atoms with Crippen LogP contribution in [-0.4, -0.2) is 17.1 Å². The van der Waals surface area contributed by atoms with Crippen LogP contribution < -0.4 is 9.54 Å². The molecule has 0 bridgehead atoms. The highest BCUT2D eigenvalue weighted by molar-refractivity contribution is 9.10. The van der Waals surface area contributed by atoms with Crippen LogP contribution in [0, 0.1) is 5.82 Å². The van der Waals surface area contributed by atoms with E-state index in [1.807, 2.05) is 5.38 Å². The molecule has 100 valence electrons. The van der Waals surface area contributed by atoms with Gasteiger partial charge < -0.3 is 9.30 Å². The Labute approximate surface area is 121 Å². The molecule has 1 amide bonds. The van der Waals surface area contributed by atoms with Gasteiger partial charge in [0.05, 0.1) is 0 Å². The Morgan fingerprint density at radius 1 is 1.58 bits per heavy atom. The van der Waals surface area contributed by atoms with Gasteiger partial charge in [0.2, 0.25) is 0 Å². The number of rotatable bonds is 3. The Bertz CT molecular complexity index is 666. The maximum Gasteiger partial charge on any atom is 0.286 e. The number of amides is 1. The van der Waals surface area contributed by atoms with Gasteiger partial charge in [-0.05, 0) is 18.2 Å². The average Bonchev–Trinajstić information content (AvgIpc) is 2.74. The summed E-state index contributed by atoms with van der Waals surface area (Å²) in [5, 5.41) is 1.82. The van der Waals surface area contributed by atoms with E-state index in [0.29, 0.717) is 9.27 Å². The second-order valence-electron chi connectivity index (χ2n) is 3.67. The molecule has 1 aromatic heterocycles. The quantitative estimate of drug-likeness (QED) is 0.858. The molecule has 7 heteroatoms. The molecule has 0 atom stereocenters. The lowest BCUT2D eigenvalue weighted by Crippen LogP contribution is -2.17. The van der Waals surface area contributed by atoms with Crippen molar-refractivity contribution in [2.45, 2.75) is 0 Å². The molecule has 0 N–H and O–H groups in total. The van der Waals surface area contributed by atoms with E-state index < -0.39 is 11.7 Å². The topological polar surface area (TPSA) is 43.6 Å². The third-order valence-electron chi connectivity index (χ3n) is 2.23. The van der Waals surface area contributed by atoms with Crippen molar-refractivity contribution in [3.8, 4) is 5.75 Å². The van der Waals surface area contributed by atoms with Crippen molar-refractivity contribution in [2.24, 2.45) is 12.0 Å². The largest absolute Gasteiger partial charge is 0.481 e. The lowest BCUT2D eigenvalue weighted by Gasteiger charge is -2.04. The Morgan fingerprint density at radius 2 is 2.37 bits per heavy atom. The first-order valence-electron chi connectivity index (χ1n) is 5.32. The number of aromatic nitrogens is 1. The van der Waals surface area contributed by atoms with Crippen molar-refractivity contribution in [1.82, 2.24) is 4.57 Å². The lowest BCUT2D eigenvalue weighted by molar-refractivity contribution is -0.120. The van der Waals surface area contributed by atoms with Crippen LogP contribution >= 0.6 is 27.3 Å². The SMILES string of the molecule is Cn1ccsc1=NC(=O)COc1ccc(Br)cc1F. The highest BCUT2D eigenvalue weighted by Gasteiger charge is 2.07. The first-order valence-corrected chi connectivity index (χ1v) is 6.99. The summed E-state index contributed by atoms with van der Waals surface area (Å²) in [5.41, 5.74) is 0. The van der Waals surface area contributed by atoms with E-state index in [9.17, 15) is 9.18 Å². The van der Waals surface area contributed by atoms with Crippen molar-refractivity contribution in [3.05, 3.63) is 44.9 Å². The zero-order chi connectivity index (χ0) is 13.8. The van der Waals surface area contributed by atoms with Gasteiger partial charge in [-0.1, -0.05) is 15.9 Å². The fourth-order valence-corrected chi connectivity index (χ4v) is 2.39. The van der Waals surface area contributed by atoms with Gasteiger partial charge in [0.15, 0.2) is 23.0 Å². The van der Waals surface area contributed by atoms with Crippen molar-refractivity contribution < 1.29 is 13.9 Å². The summed E-state index contributed by atoms with van der Waals surface area (Å²) in [4.78, 5) is 16.0.